The molecule has 0 saturated heterocycles. The van der Waals surface area contributed by atoms with Gasteiger partial charge in [0.1, 0.15) is 5.82 Å². The Kier molecular flexibility index (Phi) is 4.62. The Balaban J connectivity index is 2.10. The molecule has 18 heavy (non-hydrogen) atoms. The summed E-state index contributed by atoms with van der Waals surface area (Å²) in [5.41, 5.74) is 0.205. The number of benzene rings is 1. The Morgan fingerprint density at radius 2 is 2.28 bits per heavy atom. The van der Waals surface area contributed by atoms with Crippen molar-refractivity contribution in [3.05, 3.63) is 34.6 Å². The van der Waals surface area contributed by atoms with Crippen molar-refractivity contribution in [2.45, 2.75) is 25.3 Å². The average Bonchev–Trinajstić information content (AvgIpc) is 2.79. The van der Waals surface area contributed by atoms with Gasteiger partial charge in [-0.05, 0) is 30.9 Å². The zero-order chi connectivity index (χ0) is 13.1. The Morgan fingerprint density at radius 3 is 3.00 bits per heavy atom. The lowest BCUT2D eigenvalue weighted by atomic mass is 10.1. The van der Waals surface area contributed by atoms with Crippen molar-refractivity contribution in [3.8, 4) is 0 Å². The molecule has 1 aliphatic carbocycles. The topological polar surface area (TPSA) is 29.1 Å². The lowest BCUT2D eigenvalue weighted by molar-refractivity contribution is 0.0930. The maximum Gasteiger partial charge on any atom is 0.253 e. The van der Waals surface area contributed by atoms with Crippen molar-refractivity contribution in [3.63, 3.8) is 0 Å². The van der Waals surface area contributed by atoms with Gasteiger partial charge in [-0.2, -0.15) is 0 Å². The molecule has 0 spiro atoms. The molecular formula is C13H14BrClFNO. The number of rotatable bonds is 3. The van der Waals surface area contributed by atoms with Gasteiger partial charge in [0.25, 0.3) is 5.91 Å². The van der Waals surface area contributed by atoms with Crippen LogP contribution in [-0.2, 0) is 0 Å². The van der Waals surface area contributed by atoms with E-state index in [1.165, 1.54) is 12.1 Å². The van der Waals surface area contributed by atoms with Crippen molar-refractivity contribution in [2.75, 3.05) is 5.33 Å². The van der Waals surface area contributed by atoms with E-state index in [0.29, 0.717) is 5.92 Å². The van der Waals surface area contributed by atoms with Crippen LogP contribution in [0.4, 0.5) is 4.39 Å². The molecule has 1 amide bonds. The first-order valence-corrected chi connectivity index (χ1v) is 7.44. The fourth-order valence-electron chi connectivity index (χ4n) is 2.34. The highest BCUT2D eigenvalue weighted by Gasteiger charge is 2.28. The molecule has 2 nitrogen and oxygen atoms in total. The van der Waals surface area contributed by atoms with Crippen LogP contribution in [0.3, 0.4) is 0 Å². The minimum absolute atomic E-state index is 0.108. The third-order valence-corrected chi connectivity index (χ3v) is 4.59. The van der Waals surface area contributed by atoms with Crippen molar-refractivity contribution in [1.82, 2.24) is 5.32 Å². The van der Waals surface area contributed by atoms with Crippen molar-refractivity contribution >= 4 is 33.4 Å². The summed E-state index contributed by atoms with van der Waals surface area (Å²) in [4.78, 5) is 12.1. The van der Waals surface area contributed by atoms with E-state index in [9.17, 15) is 9.18 Å². The number of amides is 1. The van der Waals surface area contributed by atoms with Crippen LogP contribution in [0.15, 0.2) is 18.2 Å². The SMILES string of the molecule is O=C(NC1CCCC1CBr)c1cccc(F)c1Cl. The maximum atomic E-state index is 13.3. The summed E-state index contributed by atoms with van der Waals surface area (Å²) in [7, 11) is 0. The number of hydrogen-bond donors (Lipinski definition) is 1. The number of alkyl halides is 1. The molecule has 2 unspecified atom stereocenters. The van der Waals surface area contributed by atoms with Crippen LogP contribution in [0.5, 0.6) is 0 Å². The molecule has 1 fully saturated rings. The van der Waals surface area contributed by atoms with Crippen molar-refractivity contribution < 1.29 is 9.18 Å². The predicted molar refractivity (Wildman–Crippen MR) is 73.8 cm³/mol. The molecule has 2 rings (SSSR count). The number of nitrogens with one attached hydrogen (secondary N) is 1. The Labute approximate surface area is 119 Å². The summed E-state index contributed by atoms with van der Waals surface area (Å²) in [6.07, 6.45) is 3.18. The molecule has 0 aromatic heterocycles. The van der Waals surface area contributed by atoms with Gasteiger partial charge in [0.05, 0.1) is 10.6 Å². The summed E-state index contributed by atoms with van der Waals surface area (Å²) in [6.45, 7) is 0. The molecule has 1 aliphatic rings. The molecule has 0 heterocycles. The van der Waals surface area contributed by atoms with Gasteiger partial charge in [0, 0.05) is 11.4 Å². The largest absolute Gasteiger partial charge is 0.349 e. The molecule has 5 heteroatoms. The summed E-state index contributed by atoms with van der Waals surface area (Å²) in [6, 6.07) is 4.43. The summed E-state index contributed by atoms with van der Waals surface area (Å²) in [5, 5.41) is 3.71. The van der Waals surface area contributed by atoms with E-state index in [0.717, 1.165) is 24.6 Å². The second-order valence-electron chi connectivity index (χ2n) is 4.53. The van der Waals surface area contributed by atoms with Gasteiger partial charge in [-0.1, -0.05) is 40.0 Å². The first-order chi connectivity index (χ1) is 8.63. The van der Waals surface area contributed by atoms with Gasteiger partial charge in [-0.3, -0.25) is 4.79 Å². The van der Waals surface area contributed by atoms with Gasteiger partial charge in [0.2, 0.25) is 0 Å². The first-order valence-electron chi connectivity index (χ1n) is 5.94. The van der Waals surface area contributed by atoms with E-state index in [4.69, 9.17) is 11.6 Å². The Morgan fingerprint density at radius 1 is 1.50 bits per heavy atom. The molecule has 2 atom stereocenters. The fourth-order valence-corrected chi connectivity index (χ4v) is 3.32. The molecular weight excluding hydrogens is 321 g/mol. The van der Waals surface area contributed by atoms with Crippen LogP contribution in [0.1, 0.15) is 29.6 Å². The molecule has 1 aromatic rings. The summed E-state index contributed by atoms with van der Waals surface area (Å²) >= 11 is 9.25. The van der Waals surface area contributed by atoms with E-state index >= 15 is 0 Å². The third kappa shape index (κ3) is 2.86. The van der Waals surface area contributed by atoms with E-state index in [2.05, 4.69) is 21.2 Å². The first kappa shape index (κ1) is 13.8. The fraction of sp³-hybridized carbons (Fsp3) is 0.462. The molecule has 1 N–H and O–H groups in total. The highest BCUT2D eigenvalue weighted by atomic mass is 79.9. The van der Waals surface area contributed by atoms with E-state index in [-0.39, 0.29) is 22.5 Å². The van der Waals surface area contributed by atoms with Gasteiger partial charge in [-0.25, -0.2) is 4.39 Å². The molecule has 1 aromatic carbocycles. The number of halogens is 3. The highest BCUT2D eigenvalue weighted by Crippen LogP contribution is 2.28. The third-order valence-electron chi connectivity index (χ3n) is 3.37. The van der Waals surface area contributed by atoms with Gasteiger partial charge in [-0.15, -0.1) is 0 Å². The average molecular weight is 335 g/mol. The second-order valence-corrected chi connectivity index (χ2v) is 5.55. The monoisotopic (exact) mass is 333 g/mol. The van der Waals surface area contributed by atoms with Gasteiger partial charge < -0.3 is 5.32 Å². The van der Waals surface area contributed by atoms with Crippen molar-refractivity contribution in [1.29, 1.82) is 0 Å². The van der Waals surface area contributed by atoms with Gasteiger partial charge in [0.15, 0.2) is 0 Å². The Hall–Kier alpha value is -0.610. The minimum Gasteiger partial charge on any atom is -0.349 e. The molecule has 1 saturated carbocycles. The van der Waals surface area contributed by atoms with Crippen LogP contribution >= 0.6 is 27.5 Å². The van der Waals surface area contributed by atoms with E-state index < -0.39 is 5.82 Å². The molecule has 98 valence electrons. The zero-order valence-corrected chi connectivity index (χ0v) is 12.1. The number of carbonyl (C=O) groups is 1. The van der Waals surface area contributed by atoms with Crippen LogP contribution < -0.4 is 5.32 Å². The van der Waals surface area contributed by atoms with Crippen LogP contribution in [-0.4, -0.2) is 17.3 Å². The highest BCUT2D eigenvalue weighted by molar-refractivity contribution is 9.09. The Bertz CT molecular complexity index is 455. The van der Waals surface area contributed by atoms with Crippen LogP contribution in [0.2, 0.25) is 5.02 Å². The lowest BCUT2D eigenvalue weighted by Crippen LogP contribution is -2.38. The lowest BCUT2D eigenvalue weighted by Gasteiger charge is -2.19. The maximum absolute atomic E-state index is 13.3. The normalized spacial score (nSPS) is 23.1. The predicted octanol–water partition coefficient (Wildman–Crippen LogP) is 3.77. The van der Waals surface area contributed by atoms with Crippen LogP contribution in [0, 0.1) is 11.7 Å². The number of carbonyl (C=O) groups excluding carboxylic acids is 1. The zero-order valence-electron chi connectivity index (χ0n) is 9.76. The smallest absolute Gasteiger partial charge is 0.253 e. The standard InChI is InChI=1S/C13H14BrClFNO/c14-7-8-3-1-6-11(8)17-13(18)9-4-2-5-10(16)12(9)15/h2,4-5,8,11H,1,3,6-7H2,(H,17,18). The van der Waals surface area contributed by atoms with Gasteiger partial charge >= 0.3 is 0 Å². The molecule has 0 bridgehead atoms. The minimum atomic E-state index is -0.562. The van der Waals surface area contributed by atoms with E-state index in [1.54, 1.807) is 6.07 Å². The summed E-state index contributed by atoms with van der Waals surface area (Å²) in [5.74, 6) is -0.411. The quantitative estimate of drug-likeness (QED) is 0.838. The summed E-state index contributed by atoms with van der Waals surface area (Å²) < 4.78 is 13.3. The number of hydrogen-bond acceptors (Lipinski definition) is 1. The second kappa shape index (κ2) is 6.02. The van der Waals surface area contributed by atoms with Crippen molar-refractivity contribution in [2.24, 2.45) is 5.92 Å². The molecule has 0 radical (unpaired) electrons. The van der Waals surface area contributed by atoms with E-state index in [1.807, 2.05) is 0 Å². The van der Waals surface area contributed by atoms with Crippen LogP contribution in [0.25, 0.3) is 0 Å². The molecule has 0 aliphatic heterocycles.